The Morgan fingerprint density at radius 1 is 0.512 bits per heavy atom. The maximum Gasteiger partial charge on any atom is 1.00 e. The number of carbonyl (C=O) groups excluding carboxylic acids is 3. The molecule has 0 amide bonds. The first-order valence-electron chi connectivity index (χ1n) is 22.6. The van der Waals surface area contributed by atoms with Crippen molar-refractivity contribution in [1.82, 2.24) is 0 Å². The standard InChI is InChI=1S/C12H24B2O4.C9H10BFO5.C9H8BrFO3.C8H5BrF2O2.C7H3BrF2O2.2CH4O.CH3O.2CH4.Cl2OS.Na/c1-9(2)10(3,4)16-13(15-9)14-17-11(5,6)12(7,8)18-14;1-15-7-4-5(10(13)14)3-6(11)8(7)9(12)16-2;1-13-7-4-5(10)3-6(11)8(7)9(12)14-2;1-13-8(12)7-5(10)2-4(9)3-6(7)11;8-3-1-4(9)6(7(11)12)5(10)2-3;3*1-2;;;1-4(2)3;/h1-8H3;3-4,13-14H,1-2H3;3-4H,1-2H3;2-3H,1H3;1-2H,(H,11,12);2*2H,1H3;1H3;2*1H4;;/q;;;;;;;-1;;;;+1. The monoisotopic (exact) mass is 1500 g/mol. The van der Waals surface area contributed by atoms with Gasteiger partial charge in [-0.2, -0.15) is 7.11 Å². The first-order valence-corrected chi connectivity index (χ1v) is 27.8. The molecule has 4 aromatic carbocycles. The molecule has 0 bridgehead atoms. The van der Waals surface area contributed by atoms with Crippen molar-refractivity contribution in [3.05, 3.63) is 119 Å². The third-order valence-electron chi connectivity index (χ3n) is 11.0. The number of carboxylic acid groups (broad SMARTS) is 1. The van der Waals surface area contributed by atoms with Crippen molar-refractivity contribution in [3.8, 4) is 11.5 Å². The Morgan fingerprint density at radius 3 is 0.977 bits per heavy atom. The number of halogens is 11. The zero-order chi connectivity index (χ0) is 65.9. The molecule has 0 unspecified atom stereocenters. The van der Waals surface area contributed by atoms with Crippen LogP contribution < -0.4 is 49.6 Å². The summed E-state index contributed by atoms with van der Waals surface area (Å²) >= 11 is 8.80. The molecule has 86 heavy (non-hydrogen) atoms. The van der Waals surface area contributed by atoms with Crippen LogP contribution in [-0.2, 0) is 42.1 Å². The minimum Gasteiger partial charge on any atom is -0.857 e. The van der Waals surface area contributed by atoms with E-state index in [9.17, 15) is 45.5 Å². The number of aromatic carboxylic acids is 1. The third-order valence-corrected chi connectivity index (χ3v) is 12.4. The number of rotatable bonds is 8. The zero-order valence-electron chi connectivity index (χ0n) is 48.3. The third kappa shape index (κ3) is 29.3. The molecule has 6 rings (SSSR count). The number of carboxylic acids is 1. The zero-order valence-corrected chi connectivity index (χ0v) is 57.4. The molecule has 5 N–H and O–H groups in total. The van der Waals surface area contributed by atoms with Gasteiger partial charge in [-0.15, -0.1) is 0 Å². The van der Waals surface area contributed by atoms with Crippen molar-refractivity contribution in [2.75, 3.05) is 56.9 Å². The molecule has 2 aliphatic heterocycles. The Labute approximate surface area is 556 Å². The molecule has 482 valence electrons. The van der Waals surface area contributed by atoms with E-state index in [-0.39, 0.29) is 104 Å². The summed E-state index contributed by atoms with van der Waals surface area (Å²) in [7, 11) is 13.3. The van der Waals surface area contributed by atoms with Crippen LogP contribution >= 0.6 is 69.2 Å². The molecule has 0 radical (unpaired) electrons. The molecule has 0 aromatic heterocycles. The maximum absolute atomic E-state index is 13.5. The van der Waals surface area contributed by atoms with E-state index >= 15 is 0 Å². The molecule has 0 spiro atoms. The van der Waals surface area contributed by atoms with E-state index in [4.69, 9.17) is 62.8 Å². The quantitative estimate of drug-likeness (QED) is 0.0420. The van der Waals surface area contributed by atoms with Crippen LogP contribution in [0.5, 0.6) is 11.5 Å². The van der Waals surface area contributed by atoms with E-state index in [0.29, 0.717) is 4.47 Å². The van der Waals surface area contributed by atoms with Gasteiger partial charge in [-0.05, 0) is 109 Å². The Balaban J connectivity index is -0.000000223. The fraction of sp³-hybridized carbons (Fsp3) is 0.440. The van der Waals surface area contributed by atoms with Gasteiger partial charge >= 0.3 is 74.6 Å². The smallest absolute Gasteiger partial charge is 0.857 e. The second-order valence-corrected chi connectivity index (χ2v) is 22.4. The van der Waals surface area contributed by atoms with E-state index in [0.717, 1.165) is 71.9 Å². The van der Waals surface area contributed by atoms with Gasteiger partial charge in [0.2, 0.25) is 9.23 Å². The number of ether oxygens (including phenoxy) is 5. The molecular weight excluding hydrogens is 1430 g/mol. The van der Waals surface area contributed by atoms with Gasteiger partial charge in [-0.3, -0.25) is 0 Å². The molecule has 4 aromatic rings. The number of hydrogen-bond donors (Lipinski definition) is 5. The fourth-order valence-corrected chi connectivity index (χ4v) is 7.02. The van der Waals surface area contributed by atoms with Crippen molar-refractivity contribution < 1.29 is 152 Å². The van der Waals surface area contributed by atoms with E-state index in [1.165, 1.54) is 33.5 Å². The van der Waals surface area contributed by atoms with E-state index < -0.39 is 100 Å². The second kappa shape index (κ2) is 44.4. The first-order chi connectivity index (χ1) is 38.3. The molecule has 0 aliphatic carbocycles. The van der Waals surface area contributed by atoms with Gasteiger partial charge in [0.05, 0.1) is 58.0 Å². The molecular formula is C50H69B3Br3Cl2F6NaO20S. The number of benzene rings is 4. The van der Waals surface area contributed by atoms with E-state index in [1.807, 2.05) is 55.4 Å². The molecule has 36 heteroatoms. The summed E-state index contributed by atoms with van der Waals surface area (Å²) in [4.78, 5) is 43.5. The Bertz CT molecular complexity index is 2670. The first kappa shape index (κ1) is 94.1. The van der Waals surface area contributed by atoms with Crippen LogP contribution in [0.15, 0.2) is 61.9 Å². The van der Waals surface area contributed by atoms with Crippen molar-refractivity contribution in [2.45, 2.75) is 92.6 Å². The number of carbonyl (C=O) groups is 4. The number of hydrogen-bond acceptors (Lipinski definition) is 19. The molecule has 0 saturated carbocycles. The van der Waals surface area contributed by atoms with Crippen molar-refractivity contribution >= 4 is 129 Å². The van der Waals surface area contributed by atoms with Crippen LogP contribution in [0.2, 0.25) is 0 Å². The number of esters is 3. The van der Waals surface area contributed by atoms with E-state index in [2.05, 4.69) is 83.4 Å². The molecule has 2 aliphatic rings. The number of methoxy groups -OCH3 is 5. The second-order valence-electron chi connectivity index (χ2n) is 17.1. The fourth-order valence-electron chi connectivity index (χ4n) is 5.81. The average Bonchev–Trinajstić information content (AvgIpc) is 3.97. The Kier molecular flexibility index (Phi) is 48.6. The normalized spacial score (nSPS) is 13.6. The number of aliphatic hydroxyl groups excluding tert-OH is 2. The van der Waals surface area contributed by atoms with Gasteiger partial charge in [0, 0.05) is 49.0 Å². The molecule has 2 fully saturated rings. The SMILES string of the molecule is C.C.CC1(C)OB(B2OC(C)(C)C(C)(C)O2)OC1(C)C.CO.CO.COC(=O)c1c(F)cc(B(O)O)cc1OC.COC(=O)c1c(F)cc(Br)cc1F.COC(=O)c1c(F)cc(Br)cc1OC.C[O-].O=C(O)c1c(F)cc(Br)cc1F.O=S(Cl)Cl.[Na+]. The summed E-state index contributed by atoms with van der Waals surface area (Å²) in [5.41, 5.74) is -3.73. The van der Waals surface area contributed by atoms with Crippen molar-refractivity contribution in [2.24, 2.45) is 0 Å². The van der Waals surface area contributed by atoms with Crippen molar-refractivity contribution in [3.63, 3.8) is 0 Å². The molecule has 0 atom stereocenters. The predicted molar refractivity (Wildman–Crippen MR) is 320 cm³/mol. The van der Waals surface area contributed by atoms with Gasteiger partial charge in [-0.25, -0.2) is 49.7 Å². The molecule has 20 nitrogen and oxygen atoms in total. The van der Waals surface area contributed by atoms with Crippen LogP contribution in [0, 0.1) is 34.9 Å². The van der Waals surface area contributed by atoms with Gasteiger partial charge in [0.1, 0.15) is 68.7 Å². The van der Waals surface area contributed by atoms with Gasteiger partial charge in [0.15, 0.2) is 0 Å². The minimum absolute atomic E-state index is 0. The van der Waals surface area contributed by atoms with Gasteiger partial charge < -0.3 is 72.8 Å². The van der Waals surface area contributed by atoms with Crippen LogP contribution in [0.25, 0.3) is 0 Å². The largest absolute Gasteiger partial charge is 1.00 e. The number of aliphatic hydroxyl groups is 2. The van der Waals surface area contributed by atoms with Crippen LogP contribution in [0.3, 0.4) is 0 Å². The topological polar surface area (TPSA) is 293 Å². The summed E-state index contributed by atoms with van der Waals surface area (Å²) < 4.78 is 135. The summed E-state index contributed by atoms with van der Waals surface area (Å²) in [6.45, 7) is 16.2. The predicted octanol–water partition coefficient (Wildman–Crippen LogP) is 6.39. The van der Waals surface area contributed by atoms with Crippen molar-refractivity contribution in [1.29, 1.82) is 0 Å². The van der Waals surface area contributed by atoms with Gasteiger partial charge in [-0.1, -0.05) is 62.6 Å². The Hall–Kier alpha value is -3.06. The Morgan fingerprint density at radius 2 is 0.733 bits per heavy atom. The maximum atomic E-state index is 13.5. The van der Waals surface area contributed by atoms with E-state index in [1.54, 1.807) is 0 Å². The van der Waals surface area contributed by atoms with Crippen LogP contribution in [-0.4, -0.2) is 154 Å². The summed E-state index contributed by atoms with van der Waals surface area (Å²) in [5.74, 6) is -9.95. The minimum atomic E-state index is -1.84. The summed E-state index contributed by atoms with van der Waals surface area (Å²) in [6, 6.07) is 8.44. The van der Waals surface area contributed by atoms with Crippen LogP contribution in [0.4, 0.5) is 26.3 Å². The average molecular weight is 1500 g/mol. The molecule has 2 saturated heterocycles. The van der Waals surface area contributed by atoms with Crippen LogP contribution in [0.1, 0.15) is 112 Å². The summed E-state index contributed by atoms with van der Waals surface area (Å²) in [5, 5.41) is 48.3. The molecule has 2 heterocycles. The van der Waals surface area contributed by atoms with Gasteiger partial charge in [0.25, 0.3) is 0 Å². The summed E-state index contributed by atoms with van der Waals surface area (Å²) in [6.07, 6.45) is 0.